The summed E-state index contributed by atoms with van der Waals surface area (Å²) in [6, 6.07) is 0. The fourth-order valence-corrected chi connectivity index (χ4v) is 0.626. The van der Waals surface area contributed by atoms with Crippen molar-refractivity contribution in [2.24, 2.45) is 0 Å². The molecule has 0 bridgehead atoms. The quantitative estimate of drug-likeness (QED) is 0.291. The molecule has 0 atom stereocenters. The molecule has 0 aliphatic heterocycles. The molecule has 0 amide bonds. The lowest BCUT2D eigenvalue weighted by Crippen LogP contribution is -1.98. The predicted molar refractivity (Wildman–Crippen MR) is 51.3 cm³/mol. The van der Waals surface area contributed by atoms with Crippen molar-refractivity contribution in [1.29, 1.82) is 0 Å². The molecular formula is C10H14O4. The first-order chi connectivity index (χ1) is 6.63. The molecule has 0 N–H and O–H groups in total. The Hall–Kier alpha value is -1.58. The average molecular weight is 198 g/mol. The zero-order valence-corrected chi connectivity index (χ0v) is 8.36. The molecule has 0 fully saturated rings. The van der Waals surface area contributed by atoms with E-state index in [9.17, 15) is 9.59 Å². The van der Waals surface area contributed by atoms with Gasteiger partial charge in [-0.25, -0.2) is 0 Å². The second kappa shape index (κ2) is 8.04. The highest BCUT2D eigenvalue weighted by atomic mass is 16.5. The van der Waals surface area contributed by atoms with Crippen LogP contribution in [0.2, 0.25) is 0 Å². The van der Waals surface area contributed by atoms with E-state index in [0.717, 1.165) is 0 Å². The van der Waals surface area contributed by atoms with Crippen LogP contribution in [0.3, 0.4) is 0 Å². The Morgan fingerprint density at radius 3 is 2.43 bits per heavy atom. The molecule has 0 rings (SSSR count). The minimum atomic E-state index is -0.352. The molecule has 0 aliphatic carbocycles. The highest BCUT2D eigenvalue weighted by Crippen LogP contribution is 1.88. The number of allylic oxidation sites excluding steroid dienone is 2. The van der Waals surface area contributed by atoms with Crippen molar-refractivity contribution >= 4 is 11.9 Å². The predicted octanol–water partition coefficient (Wildman–Crippen LogP) is 1.57. The van der Waals surface area contributed by atoms with Crippen molar-refractivity contribution in [2.45, 2.75) is 20.3 Å². The Balaban J connectivity index is 3.40. The third kappa shape index (κ3) is 10.4. The van der Waals surface area contributed by atoms with Crippen LogP contribution in [-0.2, 0) is 19.1 Å². The average Bonchev–Trinajstić information content (AvgIpc) is 2.08. The summed E-state index contributed by atoms with van der Waals surface area (Å²) in [5.74, 6) is -0.636. The van der Waals surface area contributed by atoms with Gasteiger partial charge in [0.2, 0.25) is 0 Å². The van der Waals surface area contributed by atoms with E-state index in [0.29, 0.717) is 13.0 Å². The number of hydrogen-bond acceptors (Lipinski definition) is 4. The van der Waals surface area contributed by atoms with E-state index in [1.807, 2.05) is 6.08 Å². The van der Waals surface area contributed by atoms with Crippen LogP contribution in [0, 0.1) is 0 Å². The summed E-state index contributed by atoms with van der Waals surface area (Å²) in [7, 11) is 0. The van der Waals surface area contributed by atoms with E-state index in [4.69, 9.17) is 0 Å². The van der Waals surface area contributed by atoms with Crippen molar-refractivity contribution in [3.63, 3.8) is 0 Å². The summed E-state index contributed by atoms with van der Waals surface area (Å²) >= 11 is 0. The van der Waals surface area contributed by atoms with E-state index in [1.165, 1.54) is 20.1 Å². The zero-order valence-electron chi connectivity index (χ0n) is 8.36. The molecule has 0 aromatic carbocycles. The lowest BCUT2D eigenvalue weighted by Gasteiger charge is -1.95. The minimum Gasteiger partial charge on any atom is -0.466 e. The van der Waals surface area contributed by atoms with Crippen molar-refractivity contribution in [3.05, 3.63) is 24.5 Å². The molecule has 0 heterocycles. The van der Waals surface area contributed by atoms with Crippen molar-refractivity contribution in [1.82, 2.24) is 0 Å². The van der Waals surface area contributed by atoms with Crippen LogP contribution in [0.5, 0.6) is 0 Å². The number of hydrogen-bond donors (Lipinski definition) is 0. The van der Waals surface area contributed by atoms with Gasteiger partial charge in [0.25, 0.3) is 0 Å². The maximum Gasteiger partial charge on any atom is 0.307 e. The van der Waals surface area contributed by atoms with Crippen LogP contribution in [0.15, 0.2) is 24.5 Å². The van der Waals surface area contributed by atoms with E-state index in [2.05, 4.69) is 9.47 Å². The minimum absolute atomic E-state index is 0.283. The summed E-state index contributed by atoms with van der Waals surface area (Å²) in [6.07, 6.45) is 7.05. The van der Waals surface area contributed by atoms with Gasteiger partial charge in [-0.05, 0) is 12.5 Å². The molecule has 4 heteroatoms. The molecule has 0 radical (unpaired) electrons. The highest BCUT2D eigenvalue weighted by molar-refractivity contribution is 5.66. The topological polar surface area (TPSA) is 52.6 Å². The molecule has 0 unspecified atom stereocenters. The second-order valence-corrected chi connectivity index (χ2v) is 2.49. The molecule has 0 aromatic heterocycles. The normalized spacial score (nSPS) is 10.7. The second-order valence-electron chi connectivity index (χ2n) is 2.49. The summed E-state index contributed by atoms with van der Waals surface area (Å²) in [5, 5.41) is 0. The Morgan fingerprint density at radius 2 is 1.86 bits per heavy atom. The maximum absolute atomic E-state index is 10.3. The third-order valence-corrected chi connectivity index (χ3v) is 1.15. The molecule has 0 spiro atoms. The molecule has 0 aliphatic rings. The van der Waals surface area contributed by atoms with Crippen LogP contribution in [0.1, 0.15) is 20.3 Å². The van der Waals surface area contributed by atoms with Gasteiger partial charge in [-0.2, -0.15) is 0 Å². The Morgan fingerprint density at radius 1 is 1.14 bits per heavy atom. The molecular weight excluding hydrogens is 184 g/mol. The van der Waals surface area contributed by atoms with Gasteiger partial charge in [0.15, 0.2) is 0 Å². The van der Waals surface area contributed by atoms with Crippen LogP contribution in [0.25, 0.3) is 0 Å². The first-order valence-corrected chi connectivity index (χ1v) is 4.25. The Kier molecular flexibility index (Phi) is 7.13. The molecule has 0 aromatic rings. The first kappa shape index (κ1) is 12.4. The number of ether oxygens (including phenoxy) is 2. The number of esters is 2. The standard InChI is InChI=1S/C10H14O4/c1-9(11)13-7-5-3-4-6-8-14-10(2)12/h3-5,7H,6,8H2,1-2H3. The number of carbonyl (C=O) groups is 2. The van der Waals surface area contributed by atoms with Gasteiger partial charge < -0.3 is 9.47 Å². The zero-order chi connectivity index (χ0) is 10.8. The highest BCUT2D eigenvalue weighted by Gasteiger charge is 1.88. The lowest BCUT2D eigenvalue weighted by atomic mass is 10.4. The SMILES string of the molecule is CC(=O)OC=CC=CCCOC(C)=O. The number of carbonyl (C=O) groups excluding carboxylic acids is 2. The van der Waals surface area contributed by atoms with Crippen molar-refractivity contribution in [3.8, 4) is 0 Å². The first-order valence-electron chi connectivity index (χ1n) is 4.25. The van der Waals surface area contributed by atoms with Gasteiger partial charge in [0.1, 0.15) is 0 Å². The van der Waals surface area contributed by atoms with Gasteiger partial charge in [0.05, 0.1) is 12.9 Å². The lowest BCUT2D eigenvalue weighted by molar-refractivity contribution is -0.140. The Labute approximate surface area is 83.2 Å². The van der Waals surface area contributed by atoms with E-state index in [-0.39, 0.29) is 11.9 Å². The molecule has 78 valence electrons. The van der Waals surface area contributed by atoms with Crippen molar-refractivity contribution in [2.75, 3.05) is 6.61 Å². The summed E-state index contributed by atoms with van der Waals surface area (Å²) in [4.78, 5) is 20.6. The van der Waals surface area contributed by atoms with Gasteiger partial charge >= 0.3 is 11.9 Å². The summed E-state index contributed by atoms with van der Waals surface area (Å²) in [6.45, 7) is 3.06. The fourth-order valence-electron chi connectivity index (χ4n) is 0.626. The molecule has 4 nitrogen and oxygen atoms in total. The van der Waals surface area contributed by atoms with Gasteiger partial charge in [0, 0.05) is 13.8 Å². The maximum atomic E-state index is 10.3. The van der Waals surface area contributed by atoms with Gasteiger partial charge in [-0.1, -0.05) is 12.2 Å². The van der Waals surface area contributed by atoms with Crippen LogP contribution in [0.4, 0.5) is 0 Å². The largest absolute Gasteiger partial charge is 0.466 e. The van der Waals surface area contributed by atoms with Crippen LogP contribution >= 0.6 is 0 Å². The summed E-state index contributed by atoms with van der Waals surface area (Å²) < 4.78 is 9.22. The molecule has 0 saturated carbocycles. The van der Waals surface area contributed by atoms with Crippen molar-refractivity contribution < 1.29 is 19.1 Å². The molecule has 0 saturated heterocycles. The number of rotatable bonds is 5. The smallest absolute Gasteiger partial charge is 0.307 e. The van der Waals surface area contributed by atoms with Gasteiger partial charge in [-0.15, -0.1) is 0 Å². The monoisotopic (exact) mass is 198 g/mol. The van der Waals surface area contributed by atoms with Crippen LogP contribution < -0.4 is 0 Å². The van der Waals surface area contributed by atoms with E-state index >= 15 is 0 Å². The summed E-state index contributed by atoms with van der Waals surface area (Å²) in [5.41, 5.74) is 0. The van der Waals surface area contributed by atoms with E-state index in [1.54, 1.807) is 12.2 Å². The molecule has 14 heavy (non-hydrogen) atoms. The third-order valence-electron chi connectivity index (χ3n) is 1.15. The Bertz CT molecular complexity index is 241. The van der Waals surface area contributed by atoms with Crippen LogP contribution in [-0.4, -0.2) is 18.5 Å². The van der Waals surface area contributed by atoms with E-state index < -0.39 is 0 Å². The van der Waals surface area contributed by atoms with Gasteiger partial charge in [-0.3, -0.25) is 9.59 Å². The fraction of sp³-hybridized carbons (Fsp3) is 0.400.